The predicted molar refractivity (Wildman–Crippen MR) is 124 cm³/mol. The minimum absolute atomic E-state index is 0.0839. The topological polar surface area (TPSA) is 76.7 Å². The molecular formula is C26H28N2O4. The molecule has 4 rings (SSSR count). The lowest BCUT2D eigenvalue weighted by Gasteiger charge is -2.34. The van der Waals surface area contributed by atoms with E-state index < -0.39 is 5.92 Å². The first-order valence-corrected chi connectivity index (χ1v) is 10.9. The van der Waals surface area contributed by atoms with E-state index in [0.717, 1.165) is 35.5 Å². The molecule has 0 bridgehead atoms. The minimum Gasteiger partial charge on any atom is -0.495 e. The van der Waals surface area contributed by atoms with Gasteiger partial charge in [-0.25, -0.2) is 0 Å². The minimum atomic E-state index is -0.464. The Hall–Kier alpha value is -3.54. The number of ketones is 1. The van der Waals surface area contributed by atoms with Crippen LogP contribution in [0.25, 0.3) is 0 Å². The molecule has 6 nitrogen and oxygen atoms in total. The summed E-state index contributed by atoms with van der Waals surface area (Å²) in [6.07, 6.45) is 2.09. The third-order valence-corrected chi connectivity index (χ3v) is 5.88. The zero-order chi connectivity index (χ0) is 22.7. The number of hydrogen-bond donors (Lipinski definition) is 2. The lowest BCUT2D eigenvalue weighted by atomic mass is 9.75. The lowest BCUT2D eigenvalue weighted by molar-refractivity contribution is -0.116. The van der Waals surface area contributed by atoms with Gasteiger partial charge >= 0.3 is 0 Å². The van der Waals surface area contributed by atoms with Crippen molar-refractivity contribution < 1.29 is 19.1 Å². The molecule has 1 atom stereocenters. The number of carbonyl (C=O) groups is 2. The molecule has 1 amide bonds. The van der Waals surface area contributed by atoms with E-state index in [9.17, 15) is 9.59 Å². The van der Waals surface area contributed by atoms with E-state index in [1.54, 1.807) is 19.2 Å². The van der Waals surface area contributed by atoms with Gasteiger partial charge in [0.2, 0.25) is 0 Å². The fraction of sp³-hybridized carbons (Fsp3) is 0.308. The van der Waals surface area contributed by atoms with Crippen LogP contribution in [0.1, 0.15) is 44.6 Å². The van der Waals surface area contributed by atoms with Gasteiger partial charge in [0.1, 0.15) is 11.5 Å². The van der Waals surface area contributed by atoms with Crippen LogP contribution in [-0.4, -0.2) is 25.4 Å². The van der Waals surface area contributed by atoms with Crippen LogP contribution >= 0.6 is 0 Å². The van der Waals surface area contributed by atoms with Gasteiger partial charge in [-0.05, 0) is 56.5 Å². The van der Waals surface area contributed by atoms with Gasteiger partial charge < -0.3 is 20.1 Å². The van der Waals surface area contributed by atoms with Crippen LogP contribution in [0.15, 0.2) is 71.1 Å². The molecule has 0 saturated heterocycles. The molecule has 32 heavy (non-hydrogen) atoms. The summed E-state index contributed by atoms with van der Waals surface area (Å²) in [5, 5.41) is 6.33. The second kappa shape index (κ2) is 9.30. The highest BCUT2D eigenvalue weighted by molar-refractivity contribution is 6.10. The summed E-state index contributed by atoms with van der Waals surface area (Å²) >= 11 is 0. The van der Waals surface area contributed by atoms with Crippen molar-refractivity contribution in [1.29, 1.82) is 0 Å². The Morgan fingerprint density at radius 3 is 2.75 bits per heavy atom. The number of allylic oxidation sites excluding steroid dienone is 3. The Morgan fingerprint density at radius 2 is 1.97 bits per heavy atom. The van der Waals surface area contributed by atoms with Gasteiger partial charge in [0.05, 0.1) is 19.4 Å². The molecule has 1 aliphatic carbocycles. The van der Waals surface area contributed by atoms with Crippen LogP contribution in [0.3, 0.4) is 0 Å². The van der Waals surface area contributed by atoms with Gasteiger partial charge in [-0.2, -0.15) is 0 Å². The predicted octanol–water partition coefficient (Wildman–Crippen LogP) is 4.70. The maximum atomic E-state index is 13.6. The van der Waals surface area contributed by atoms with Gasteiger partial charge in [0.25, 0.3) is 5.91 Å². The number of ether oxygens (including phenoxy) is 2. The summed E-state index contributed by atoms with van der Waals surface area (Å²) in [6.45, 7) is 4.36. The summed E-state index contributed by atoms with van der Waals surface area (Å²) in [4.78, 5) is 26.6. The molecule has 2 aromatic carbocycles. The van der Waals surface area contributed by atoms with Crippen LogP contribution in [0.2, 0.25) is 0 Å². The van der Waals surface area contributed by atoms with E-state index in [1.165, 1.54) is 0 Å². The maximum absolute atomic E-state index is 13.6. The van der Waals surface area contributed by atoms with Crippen molar-refractivity contribution in [3.8, 4) is 11.5 Å². The molecule has 6 heteroatoms. The molecule has 1 heterocycles. The number of carbonyl (C=O) groups excluding carboxylic acids is 2. The highest BCUT2D eigenvalue weighted by Gasteiger charge is 2.38. The fourth-order valence-electron chi connectivity index (χ4n) is 4.51. The Kier molecular flexibility index (Phi) is 6.30. The largest absolute Gasteiger partial charge is 0.495 e. The molecule has 0 fully saturated rings. The fourth-order valence-corrected chi connectivity index (χ4v) is 4.51. The third kappa shape index (κ3) is 4.13. The highest BCUT2D eigenvalue weighted by Crippen LogP contribution is 2.43. The van der Waals surface area contributed by atoms with E-state index >= 15 is 0 Å². The van der Waals surface area contributed by atoms with E-state index in [-0.39, 0.29) is 11.7 Å². The first kappa shape index (κ1) is 21.7. The average Bonchev–Trinajstić information content (AvgIpc) is 2.79. The van der Waals surface area contributed by atoms with Gasteiger partial charge in [-0.3, -0.25) is 9.59 Å². The molecule has 166 valence electrons. The number of Topliss-reactive ketones (excluding diaryl/α,β-unsaturated/α-hetero) is 1. The van der Waals surface area contributed by atoms with Crippen molar-refractivity contribution in [2.75, 3.05) is 19.0 Å². The third-order valence-electron chi connectivity index (χ3n) is 5.88. The van der Waals surface area contributed by atoms with Crippen LogP contribution in [0, 0.1) is 0 Å². The molecule has 2 N–H and O–H groups in total. The Labute approximate surface area is 188 Å². The van der Waals surface area contributed by atoms with E-state index in [1.807, 2.05) is 50.2 Å². The van der Waals surface area contributed by atoms with Crippen molar-refractivity contribution in [3.05, 3.63) is 76.6 Å². The first-order valence-electron chi connectivity index (χ1n) is 10.9. The van der Waals surface area contributed by atoms with Crippen LogP contribution in [0.4, 0.5) is 5.69 Å². The smallest absolute Gasteiger partial charge is 0.254 e. The summed E-state index contributed by atoms with van der Waals surface area (Å²) < 4.78 is 11.1. The standard InChI is InChI=1S/C26H28N2O4/c1-4-32-18-10-7-9-17(15-18)24-23(16(2)27-20-12-8-13-21(29)25(20)24)26(30)28-19-11-5-6-14-22(19)31-3/h5-7,9-11,14-15,24,27H,4,8,12-13H2,1-3H3,(H,28,30)/t24-/m0/s1. The molecule has 0 radical (unpaired) electrons. The highest BCUT2D eigenvalue weighted by atomic mass is 16.5. The van der Waals surface area contributed by atoms with Gasteiger partial charge in [-0.15, -0.1) is 0 Å². The molecule has 0 aromatic heterocycles. The molecule has 2 aromatic rings. The molecule has 1 aliphatic heterocycles. The summed E-state index contributed by atoms with van der Waals surface area (Å²) in [5.74, 6) is 0.647. The number of anilines is 1. The Morgan fingerprint density at radius 1 is 1.16 bits per heavy atom. The molecule has 0 spiro atoms. The monoisotopic (exact) mass is 432 g/mol. The summed E-state index contributed by atoms with van der Waals surface area (Å²) in [6, 6.07) is 14.9. The molecule has 0 saturated carbocycles. The SMILES string of the molecule is CCOc1cccc([C@H]2C(C(=O)Nc3ccccc3OC)=C(C)NC3=C2C(=O)CCC3)c1. The Balaban J connectivity index is 1.79. The second-order valence-electron chi connectivity index (χ2n) is 7.93. The summed E-state index contributed by atoms with van der Waals surface area (Å²) in [7, 11) is 1.57. The van der Waals surface area contributed by atoms with Crippen molar-refractivity contribution in [2.45, 2.75) is 39.0 Å². The van der Waals surface area contributed by atoms with E-state index in [2.05, 4.69) is 10.6 Å². The number of rotatable bonds is 6. The van der Waals surface area contributed by atoms with Gasteiger partial charge in [-0.1, -0.05) is 24.3 Å². The van der Waals surface area contributed by atoms with E-state index in [4.69, 9.17) is 9.47 Å². The molecular weight excluding hydrogens is 404 g/mol. The maximum Gasteiger partial charge on any atom is 0.254 e. The van der Waals surface area contributed by atoms with Gasteiger partial charge in [0, 0.05) is 34.9 Å². The number of dihydropyridines is 1. The average molecular weight is 433 g/mol. The number of nitrogens with one attached hydrogen (secondary N) is 2. The summed E-state index contributed by atoms with van der Waals surface area (Å²) in [5.41, 5.74) is 4.32. The van der Waals surface area contributed by atoms with E-state index in [0.29, 0.717) is 35.6 Å². The molecule has 0 unspecified atom stereocenters. The lowest BCUT2D eigenvalue weighted by Crippen LogP contribution is -2.35. The number of hydrogen-bond acceptors (Lipinski definition) is 5. The van der Waals surface area contributed by atoms with Crippen molar-refractivity contribution in [1.82, 2.24) is 5.32 Å². The first-order chi connectivity index (χ1) is 15.5. The normalized spacial score (nSPS) is 18.1. The zero-order valence-corrected chi connectivity index (χ0v) is 18.7. The van der Waals surface area contributed by atoms with Crippen LogP contribution < -0.4 is 20.1 Å². The number of amides is 1. The van der Waals surface area contributed by atoms with Crippen LogP contribution in [-0.2, 0) is 9.59 Å². The second-order valence-corrected chi connectivity index (χ2v) is 7.93. The van der Waals surface area contributed by atoms with Crippen LogP contribution in [0.5, 0.6) is 11.5 Å². The Bertz CT molecular complexity index is 1120. The quantitative estimate of drug-likeness (QED) is 0.692. The van der Waals surface area contributed by atoms with Crippen molar-refractivity contribution in [3.63, 3.8) is 0 Å². The molecule has 2 aliphatic rings. The van der Waals surface area contributed by atoms with Crippen molar-refractivity contribution >= 4 is 17.4 Å². The zero-order valence-electron chi connectivity index (χ0n) is 18.7. The number of para-hydroxylation sites is 2. The van der Waals surface area contributed by atoms with Gasteiger partial charge in [0.15, 0.2) is 5.78 Å². The number of methoxy groups -OCH3 is 1. The van der Waals surface area contributed by atoms with Crippen molar-refractivity contribution in [2.24, 2.45) is 0 Å². The number of benzene rings is 2.